The van der Waals surface area contributed by atoms with Crippen molar-refractivity contribution in [3.63, 3.8) is 0 Å². The maximum Gasteiger partial charge on any atom is 0.254 e. The van der Waals surface area contributed by atoms with Crippen molar-refractivity contribution in [2.24, 2.45) is 5.73 Å². The van der Waals surface area contributed by atoms with Gasteiger partial charge in [-0.25, -0.2) is 0 Å². The standard InChI is InChI=1S/C20H26N2O3.ClH/c1-24-13-14-25-19-10-5-9-18(15-19)20(23)22(12-6-11-21)16-17-7-3-2-4-8-17;/h2-5,7-10,15H,6,11-14,16,21H2,1H3;1H. The molecule has 0 saturated heterocycles. The Labute approximate surface area is 161 Å². The SMILES string of the molecule is COCCOc1cccc(C(=O)N(CCCN)Cc2ccccc2)c1.Cl. The average molecular weight is 379 g/mol. The van der Waals surface area contributed by atoms with Gasteiger partial charge in [0.15, 0.2) is 0 Å². The molecule has 0 aromatic heterocycles. The lowest BCUT2D eigenvalue weighted by molar-refractivity contribution is 0.0741. The molecule has 0 spiro atoms. The molecule has 2 aromatic rings. The molecule has 0 aliphatic heterocycles. The molecular weight excluding hydrogens is 352 g/mol. The molecule has 0 aliphatic rings. The molecule has 0 radical (unpaired) electrons. The number of carbonyl (C=O) groups excluding carboxylic acids is 1. The number of nitrogens with two attached hydrogens (primary N) is 1. The van der Waals surface area contributed by atoms with E-state index in [1.807, 2.05) is 53.4 Å². The molecule has 2 N–H and O–H groups in total. The van der Waals surface area contributed by atoms with Crippen LogP contribution in [0.4, 0.5) is 0 Å². The van der Waals surface area contributed by atoms with E-state index in [0.29, 0.717) is 44.2 Å². The first-order valence-electron chi connectivity index (χ1n) is 8.49. The fourth-order valence-corrected chi connectivity index (χ4v) is 2.48. The number of methoxy groups -OCH3 is 1. The molecule has 0 aliphatic carbocycles. The van der Waals surface area contributed by atoms with Crippen molar-refractivity contribution in [2.75, 3.05) is 33.4 Å². The molecule has 1 amide bonds. The van der Waals surface area contributed by atoms with Gasteiger partial charge >= 0.3 is 0 Å². The predicted molar refractivity (Wildman–Crippen MR) is 106 cm³/mol. The number of hydrogen-bond donors (Lipinski definition) is 1. The van der Waals surface area contributed by atoms with Gasteiger partial charge in [-0.05, 0) is 36.7 Å². The van der Waals surface area contributed by atoms with Crippen LogP contribution in [-0.4, -0.2) is 44.2 Å². The number of ether oxygens (including phenoxy) is 2. The fraction of sp³-hybridized carbons (Fsp3) is 0.350. The highest BCUT2D eigenvalue weighted by Gasteiger charge is 2.16. The minimum Gasteiger partial charge on any atom is -0.491 e. The second-order valence-corrected chi connectivity index (χ2v) is 5.72. The lowest BCUT2D eigenvalue weighted by Crippen LogP contribution is -2.32. The summed E-state index contributed by atoms with van der Waals surface area (Å²) in [5, 5.41) is 0. The van der Waals surface area contributed by atoms with Gasteiger partial charge in [0.2, 0.25) is 0 Å². The van der Waals surface area contributed by atoms with Crippen molar-refractivity contribution in [3.05, 3.63) is 65.7 Å². The number of benzene rings is 2. The van der Waals surface area contributed by atoms with Crippen LogP contribution in [0.3, 0.4) is 0 Å². The Morgan fingerprint density at radius 3 is 2.54 bits per heavy atom. The van der Waals surface area contributed by atoms with Crippen LogP contribution in [0.15, 0.2) is 54.6 Å². The van der Waals surface area contributed by atoms with Gasteiger partial charge in [-0.2, -0.15) is 0 Å². The first-order chi connectivity index (χ1) is 12.2. The second-order valence-electron chi connectivity index (χ2n) is 5.72. The average Bonchev–Trinajstić information content (AvgIpc) is 2.66. The Morgan fingerprint density at radius 1 is 1.08 bits per heavy atom. The summed E-state index contributed by atoms with van der Waals surface area (Å²) >= 11 is 0. The van der Waals surface area contributed by atoms with Gasteiger partial charge in [-0.3, -0.25) is 4.79 Å². The highest BCUT2D eigenvalue weighted by atomic mass is 35.5. The molecule has 0 fully saturated rings. The maximum atomic E-state index is 12.9. The Balaban J connectivity index is 0.00000338. The van der Waals surface area contributed by atoms with Crippen LogP contribution in [-0.2, 0) is 11.3 Å². The van der Waals surface area contributed by atoms with Crippen LogP contribution in [0, 0.1) is 0 Å². The molecule has 0 bridgehead atoms. The summed E-state index contributed by atoms with van der Waals surface area (Å²) in [5.41, 5.74) is 7.34. The summed E-state index contributed by atoms with van der Waals surface area (Å²) in [6.07, 6.45) is 0.766. The number of carbonyl (C=O) groups is 1. The van der Waals surface area contributed by atoms with Crippen molar-refractivity contribution in [3.8, 4) is 5.75 Å². The number of halogens is 1. The van der Waals surface area contributed by atoms with Crippen LogP contribution < -0.4 is 10.5 Å². The summed E-state index contributed by atoms with van der Waals surface area (Å²) in [5.74, 6) is 0.649. The summed E-state index contributed by atoms with van der Waals surface area (Å²) in [7, 11) is 1.63. The normalized spacial score (nSPS) is 10.1. The van der Waals surface area contributed by atoms with Crippen LogP contribution in [0.1, 0.15) is 22.3 Å². The first-order valence-corrected chi connectivity index (χ1v) is 8.49. The summed E-state index contributed by atoms with van der Waals surface area (Å²) in [6, 6.07) is 17.2. The molecule has 142 valence electrons. The van der Waals surface area contributed by atoms with Crippen molar-refractivity contribution in [2.45, 2.75) is 13.0 Å². The summed E-state index contributed by atoms with van der Waals surface area (Å²) < 4.78 is 10.6. The highest BCUT2D eigenvalue weighted by Crippen LogP contribution is 2.17. The van der Waals surface area contributed by atoms with E-state index in [4.69, 9.17) is 15.2 Å². The van der Waals surface area contributed by atoms with Crippen LogP contribution in [0.25, 0.3) is 0 Å². The van der Waals surface area contributed by atoms with Gasteiger partial charge in [0, 0.05) is 25.8 Å². The van der Waals surface area contributed by atoms with Crippen molar-refractivity contribution in [1.82, 2.24) is 4.90 Å². The van der Waals surface area contributed by atoms with E-state index in [2.05, 4.69) is 0 Å². The molecule has 0 unspecified atom stereocenters. The number of nitrogens with zero attached hydrogens (tertiary/aromatic N) is 1. The smallest absolute Gasteiger partial charge is 0.254 e. The minimum absolute atomic E-state index is 0. The van der Waals surface area contributed by atoms with Crippen LogP contribution in [0.2, 0.25) is 0 Å². The molecule has 2 aromatic carbocycles. The van der Waals surface area contributed by atoms with Crippen LogP contribution >= 0.6 is 12.4 Å². The van der Waals surface area contributed by atoms with E-state index in [0.717, 1.165) is 12.0 Å². The summed E-state index contributed by atoms with van der Waals surface area (Å²) in [4.78, 5) is 14.8. The quantitative estimate of drug-likeness (QED) is 0.645. The fourth-order valence-electron chi connectivity index (χ4n) is 2.48. The van der Waals surface area contributed by atoms with Gasteiger partial charge in [0.1, 0.15) is 12.4 Å². The van der Waals surface area contributed by atoms with E-state index in [-0.39, 0.29) is 18.3 Å². The molecule has 0 heterocycles. The number of hydrogen-bond acceptors (Lipinski definition) is 4. The Bertz CT molecular complexity index is 653. The monoisotopic (exact) mass is 378 g/mol. The van der Waals surface area contributed by atoms with Gasteiger partial charge in [0.25, 0.3) is 5.91 Å². The number of amides is 1. The molecule has 0 saturated carbocycles. The topological polar surface area (TPSA) is 64.8 Å². The van der Waals surface area contributed by atoms with Gasteiger partial charge in [0.05, 0.1) is 6.61 Å². The lowest BCUT2D eigenvalue weighted by Gasteiger charge is -2.23. The van der Waals surface area contributed by atoms with Crippen molar-refractivity contribution < 1.29 is 14.3 Å². The summed E-state index contributed by atoms with van der Waals surface area (Å²) in [6.45, 7) is 2.70. The van der Waals surface area contributed by atoms with Crippen molar-refractivity contribution in [1.29, 1.82) is 0 Å². The van der Waals surface area contributed by atoms with Crippen molar-refractivity contribution >= 4 is 18.3 Å². The molecular formula is C20H27ClN2O3. The van der Waals surface area contributed by atoms with Gasteiger partial charge < -0.3 is 20.1 Å². The zero-order chi connectivity index (χ0) is 17.9. The lowest BCUT2D eigenvalue weighted by atomic mass is 10.1. The predicted octanol–water partition coefficient (Wildman–Crippen LogP) is 3.12. The van der Waals surface area contributed by atoms with E-state index >= 15 is 0 Å². The number of rotatable bonds is 10. The zero-order valence-corrected chi connectivity index (χ0v) is 15.9. The first kappa shape index (κ1) is 22.0. The Morgan fingerprint density at radius 2 is 1.85 bits per heavy atom. The Hall–Kier alpha value is -2.08. The second kappa shape index (κ2) is 12.3. The van der Waals surface area contributed by atoms with Crippen LogP contribution in [0.5, 0.6) is 5.75 Å². The molecule has 0 atom stereocenters. The minimum atomic E-state index is -0.0190. The Kier molecular flexibility index (Phi) is 10.4. The van der Waals surface area contributed by atoms with Gasteiger partial charge in [-0.15, -0.1) is 12.4 Å². The third kappa shape index (κ3) is 7.04. The third-order valence-corrected chi connectivity index (χ3v) is 3.77. The maximum absolute atomic E-state index is 12.9. The van der Waals surface area contributed by atoms with E-state index in [1.54, 1.807) is 13.2 Å². The van der Waals surface area contributed by atoms with E-state index < -0.39 is 0 Å². The van der Waals surface area contributed by atoms with E-state index in [1.165, 1.54) is 0 Å². The highest BCUT2D eigenvalue weighted by molar-refractivity contribution is 5.94. The third-order valence-electron chi connectivity index (χ3n) is 3.77. The van der Waals surface area contributed by atoms with E-state index in [9.17, 15) is 4.79 Å². The molecule has 6 heteroatoms. The molecule has 2 rings (SSSR count). The zero-order valence-electron chi connectivity index (χ0n) is 15.1. The largest absolute Gasteiger partial charge is 0.491 e. The molecule has 26 heavy (non-hydrogen) atoms. The molecule has 5 nitrogen and oxygen atoms in total. The van der Waals surface area contributed by atoms with Gasteiger partial charge in [-0.1, -0.05) is 36.4 Å².